The molecule has 0 fully saturated rings. The number of benzene rings is 1. The lowest BCUT2D eigenvalue weighted by Crippen LogP contribution is -2.38. The van der Waals surface area contributed by atoms with Crippen LogP contribution in [-0.2, 0) is 0 Å². The minimum absolute atomic E-state index is 0.129. The largest absolute Gasteiger partial charge is 0.348 e. The van der Waals surface area contributed by atoms with E-state index in [0.29, 0.717) is 0 Å². The zero-order valence-corrected chi connectivity index (χ0v) is 11.5. The summed E-state index contributed by atoms with van der Waals surface area (Å²) in [5, 5.41) is 0. The second-order valence-corrected chi connectivity index (χ2v) is 4.73. The summed E-state index contributed by atoms with van der Waals surface area (Å²) in [7, 11) is 0. The molecule has 0 spiro atoms. The summed E-state index contributed by atoms with van der Waals surface area (Å²) in [6.07, 6.45) is 1.63. The van der Waals surface area contributed by atoms with Gasteiger partial charge in [0.15, 0.2) is 5.82 Å². The lowest BCUT2D eigenvalue weighted by molar-refractivity contribution is 0.689. The molecule has 1 aliphatic rings. The van der Waals surface area contributed by atoms with Crippen molar-refractivity contribution in [2.24, 2.45) is 0 Å². The Morgan fingerprint density at radius 3 is 2.68 bits per heavy atom. The van der Waals surface area contributed by atoms with Crippen molar-refractivity contribution in [1.29, 1.82) is 0 Å². The molecule has 1 aliphatic heterocycles. The molecule has 1 aromatic heterocycles. The molecule has 0 saturated carbocycles. The van der Waals surface area contributed by atoms with Gasteiger partial charge in [-0.3, -0.25) is 0 Å². The van der Waals surface area contributed by atoms with Crippen molar-refractivity contribution >= 4 is 17.2 Å². The van der Waals surface area contributed by atoms with Crippen molar-refractivity contribution < 1.29 is 2.74 Å². The van der Waals surface area contributed by atoms with Gasteiger partial charge in [0.25, 0.3) is 0 Å². The average molecular weight is 255 g/mol. The van der Waals surface area contributed by atoms with Gasteiger partial charge >= 0.3 is 0 Å². The summed E-state index contributed by atoms with van der Waals surface area (Å²) in [6, 6.07) is 11.9. The normalized spacial score (nSPS) is 20.1. The summed E-state index contributed by atoms with van der Waals surface area (Å²) in [5.41, 5.74) is 3.05. The van der Waals surface area contributed by atoms with Gasteiger partial charge in [-0.1, -0.05) is 18.2 Å². The van der Waals surface area contributed by atoms with Crippen LogP contribution in [0.15, 0.2) is 42.6 Å². The highest BCUT2D eigenvalue weighted by atomic mass is 15.4. The second-order valence-electron chi connectivity index (χ2n) is 4.73. The fourth-order valence-corrected chi connectivity index (χ4v) is 2.71. The monoisotopic (exact) mass is 255 g/mol. The van der Waals surface area contributed by atoms with E-state index in [2.05, 4.69) is 28.9 Å². The molecule has 98 valence electrons. The predicted octanol–water partition coefficient (Wildman–Crippen LogP) is 3.71. The number of aryl methyl sites for hydroxylation is 1. The van der Waals surface area contributed by atoms with Gasteiger partial charge in [-0.15, -0.1) is 0 Å². The molecule has 1 aromatic carbocycles. The standard InChI is InChI=1S/C16H19N3/c1-4-18-13(3)19(14-9-6-5-8-12(14)2)16-15(18)10-7-11-17-16/h5-11,13H,4H2,1-3H3/t13-/m1/s1/i4D2. The van der Waals surface area contributed by atoms with E-state index in [1.54, 1.807) is 18.0 Å². The Morgan fingerprint density at radius 1 is 1.21 bits per heavy atom. The number of pyridine rings is 1. The van der Waals surface area contributed by atoms with E-state index in [-0.39, 0.29) is 6.17 Å². The SMILES string of the molecule is [2H]C([2H])(C)N1c2cccnc2N(c2ccccc2C)[C@@H]1C. The molecule has 2 heterocycles. The number of aromatic nitrogens is 1. The van der Waals surface area contributed by atoms with Crippen molar-refractivity contribution in [3.8, 4) is 0 Å². The van der Waals surface area contributed by atoms with E-state index in [1.165, 1.54) is 0 Å². The molecule has 3 rings (SSSR count). The molecule has 0 saturated heterocycles. The van der Waals surface area contributed by atoms with E-state index in [1.807, 2.05) is 31.2 Å². The van der Waals surface area contributed by atoms with Crippen molar-refractivity contribution in [2.45, 2.75) is 26.9 Å². The van der Waals surface area contributed by atoms with Crippen LogP contribution in [0.5, 0.6) is 0 Å². The van der Waals surface area contributed by atoms with Gasteiger partial charge in [-0.2, -0.15) is 0 Å². The Bertz CT molecular complexity index is 667. The topological polar surface area (TPSA) is 19.4 Å². The fourth-order valence-electron chi connectivity index (χ4n) is 2.71. The predicted molar refractivity (Wildman–Crippen MR) is 80.0 cm³/mol. The third-order valence-corrected chi connectivity index (χ3v) is 3.62. The molecular weight excluding hydrogens is 234 g/mol. The van der Waals surface area contributed by atoms with Crippen LogP contribution in [0.2, 0.25) is 0 Å². The number of rotatable bonds is 2. The van der Waals surface area contributed by atoms with Gasteiger partial charge < -0.3 is 9.80 Å². The maximum Gasteiger partial charge on any atom is 0.158 e. The van der Waals surface area contributed by atoms with Crippen LogP contribution in [0, 0.1) is 6.92 Å². The summed E-state index contributed by atoms with van der Waals surface area (Å²) < 4.78 is 16.3. The van der Waals surface area contributed by atoms with Gasteiger partial charge in [-0.25, -0.2) is 4.98 Å². The number of fused-ring (bicyclic) bond motifs is 1. The Kier molecular flexibility index (Phi) is 2.37. The van der Waals surface area contributed by atoms with Crippen LogP contribution in [-0.4, -0.2) is 17.6 Å². The number of nitrogens with zero attached hydrogens (tertiary/aromatic N) is 3. The molecule has 0 N–H and O–H groups in total. The first-order valence-electron chi connectivity index (χ1n) is 7.50. The minimum atomic E-state index is -1.45. The zero-order valence-electron chi connectivity index (χ0n) is 13.5. The average Bonchev–Trinajstić information content (AvgIpc) is 2.71. The van der Waals surface area contributed by atoms with Crippen molar-refractivity contribution in [3.05, 3.63) is 48.2 Å². The molecular formula is C16H19N3. The van der Waals surface area contributed by atoms with Crippen LogP contribution >= 0.6 is 0 Å². The summed E-state index contributed by atoms with van der Waals surface area (Å²) >= 11 is 0. The summed E-state index contributed by atoms with van der Waals surface area (Å²) in [6.45, 7) is 4.21. The number of para-hydroxylation sites is 1. The Balaban J connectivity index is 2.18. The van der Waals surface area contributed by atoms with Gasteiger partial charge in [0.2, 0.25) is 0 Å². The third-order valence-electron chi connectivity index (χ3n) is 3.62. The van der Waals surface area contributed by atoms with Crippen LogP contribution in [0.1, 0.15) is 22.2 Å². The molecule has 3 nitrogen and oxygen atoms in total. The molecule has 3 heteroatoms. The van der Waals surface area contributed by atoms with Crippen molar-refractivity contribution in [2.75, 3.05) is 16.3 Å². The van der Waals surface area contributed by atoms with Gasteiger partial charge in [0, 0.05) is 21.1 Å². The van der Waals surface area contributed by atoms with E-state index in [0.717, 1.165) is 22.8 Å². The molecule has 2 aromatic rings. The lowest BCUT2D eigenvalue weighted by atomic mass is 10.2. The molecule has 19 heavy (non-hydrogen) atoms. The molecule has 0 bridgehead atoms. The van der Waals surface area contributed by atoms with E-state index in [4.69, 9.17) is 2.74 Å². The van der Waals surface area contributed by atoms with Crippen molar-refractivity contribution in [1.82, 2.24) is 4.98 Å². The van der Waals surface area contributed by atoms with E-state index in [9.17, 15) is 0 Å². The lowest BCUT2D eigenvalue weighted by Gasteiger charge is -2.29. The second kappa shape index (κ2) is 4.57. The molecule has 0 aliphatic carbocycles. The van der Waals surface area contributed by atoms with Crippen LogP contribution in [0.25, 0.3) is 0 Å². The Morgan fingerprint density at radius 2 is 1.95 bits per heavy atom. The molecule has 0 unspecified atom stereocenters. The quantitative estimate of drug-likeness (QED) is 0.815. The number of anilines is 3. The first kappa shape index (κ1) is 9.84. The Labute approximate surface area is 117 Å². The smallest absolute Gasteiger partial charge is 0.158 e. The molecule has 0 radical (unpaired) electrons. The molecule has 1 atom stereocenters. The molecule has 0 amide bonds. The van der Waals surface area contributed by atoms with Crippen LogP contribution < -0.4 is 9.80 Å². The van der Waals surface area contributed by atoms with Gasteiger partial charge in [0.05, 0.1) is 5.69 Å². The van der Waals surface area contributed by atoms with Crippen LogP contribution in [0.3, 0.4) is 0 Å². The highest BCUT2D eigenvalue weighted by Gasteiger charge is 2.34. The third kappa shape index (κ3) is 1.77. The summed E-state index contributed by atoms with van der Waals surface area (Å²) in [5.74, 6) is 0.810. The highest BCUT2D eigenvalue weighted by Crippen LogP contribution is 2.42. The minimum Gasteiger partial charge on any atom is -0.348 e. The first-order valence-corrected chi connectivity index (χ1v) is 6.50. The maximum atomic E-state index is 8.13. The van der Waals surface area contributed by atoms with Crippen molar-refractivity contribution in [3.63, 3.8) is 0 Å². The number of hydrogen-bond acceptors (Lipinski definition) is 3. The zero-order chi connectivity index (χ0) is 15.2. The summed E-state index contributed by atoms with van der Waals surface area (Å²) in [4.78, 5) is 8.37. The van der Waals surface area contributed by atoms with Gasteiger partial charge in [0.1, 0.15) is 6.17 Å². The fraction of sp³-hybridized carbons (Fsp3) is 0.312. The van der Waals surface area contributed by atoms with E-state index >= 15 is 0 Å². The van der Waals surface area contributed by atoms with E-state index < -0.39 is 6.50 Å². The highest BCUT2D eigenvalue weighted by molar-refractivity contribution is 5.81. The van der Waals surface area contributed by atoms with Crippen LogP contribution in [0.4, 0.5) is 17.2 Å². The first-order chi connectivity index (χ1) is 9.91. The maximum absolute atomic E-state index is 8.13. The number of hydrogen-bond donors (Lipinski definition) is 0. The van der Waals surface area contributed by atoms with Gasteiger partial charge in [-0.05, 0) is 44.5 Å². The Hall–Kier alpha value is -2.03.